The van der Waals surface area contributed by atoms with Gasteiger partial charge in [-0.25, -0.2) is 9.59 Å². The molecule has 0 unspecified atom stereocenters. The van der Waals surface area contributed by atoms with E-state index >= 15 is 0 Å². The van der Waals surface area contributed by atoms with Crippen molar-refractivity contribution < 1.29 is 19.8 Å². The normalized spacial score (nSPS) is 12.4. The van der Waals surface area contributed by atoms with Crippen LogP contribution in [0.4, 0.5) is 0 Å². The van der Waals surface area contributed by atoms with Gasteiger partial charge in [-0.3, -0.25) is 0 Å². The fourth-order valence-electron chi connectivity index (χ4n) is 0.725. The largest absolute Gasteiger partial charge is 0.478 e. The van der Waals surface area contributed by atoms with Crippen LogP contribution in [0.15, 0.2) is 35.3 Å². The predicted octanol–water partition coefficient (Wildman–Crippen LogP) is 1.51. The molecule has 0 aromatic rings. The highest BCUT2D eigenvalue weighted by molar-refractivity contribution is 8.01. The van der Waals surface area contributed by atoms with E-state index in [9.17, 15) is 9.59 Å². The van der Waals surface area contributed by atoms with E-state index in [4.69, 9.17) is 10.2 Å². The zero-order valence-electron chi connectivity index (χ0n) is 7.56. The summed E-state index contributed by atoms with van der Waals surface area (Å²) in [4.78, 5) is 21.3. The molecule has 76 valence electrons. The zero-order valence-corrected chi connectivity index (χ0v) is 8.37. The van der Waals surface area contributed by atoms with Crippen LogP contribution >= 0.6 is 11.8 Å². The molecule has 14 heavy (non-hydrogen) atoms. The standard InChI is InChI=1S/C9H10O4S/c1-3-6(8(10)11)7(9(12)13)4-5-14-2/h3-5H,1H2,2H3,(H,10,11)(H,12,13)/b5-4-,7-6-. The summed E-state index contributed by atoms with van der Waals surface area (Å²) in [6.07, 6.45) is 3.99. The number of hydrogen-bond acceptors (Lipinski definition) is 3. The van der Waals surface area contributed by atoms with Crippen LogP contribution in [0, 0.1) is 0 Å². The highest BCUT2D eigenvalue weighted by atomic mass is 32.2. The van der Waals surface area contributed by atoms with Gasteiger partial charge in [-0.15, -0.1) is 11.8 Å². The number of carboxylic acids is 2. The maximum atomic E-state index is 10.7. The van der Waals surface area contributed by atoms with Crippen molar-refractivity contribution in [3.8, 4) is 0 Å². The van der Waals surface area contributed by atoms with Gasteiger partial charge in [0.2, 0.25) is 0 Å². The van der Waals surface area contributed by atoms with Gasteiger partial charge in [-0.1, -0.05) is 12.7 Å². The first kappa shape index (κ1) is 12.5. The first-order chi connectivity index (χ1) is 6.54. The van der Waals surface area contributed by atoms with Crippen LogP contribution in [0.5, 0.6) is 0 Å². The van der Waals surface area contributed by atoms with Crippen molar-refractivity contribution in [2.24, 2.45) is 0 Å². The van der Waals surface area contributed by atoms with Gasteiger partial charge in [0.15, 0.2) is 0 Å². The van der Waals surface area contributed by atoms with Gasteiger partial charge in [0, 0.05) is 0 Å². The van der Waals surface area contributed by atoms with E-state index in [0.717, 1.165) is 6.08 Å². The summed E-state index contributed by atoms with van der Waals surface area (Å²) in [7, 11) is 0. The molecular weight excluding hydrogens is 204 g/mol. The lowest BCUT2D eigenvalue weighted by Gasteiger charge is -1.99. The van der Waals surface area contributed by atoms with E-state index in [1.54, 1.807) is 6.26 Å². The molecule has 0 aliphatic heterocycles. The molecule has 2 N–H and O–H groups in total. The molecule has 0 aromatic carbocycles. The number of carbonyl (C=O) groups is 2. The van der Waals surface area contributed by atoms with Crippen molar-refractivity contribution in [2.45, 2.75) is 0 Å². The van der Waals surface area contributed by atoms with Crippen molar-refractivity contribution >= 4 is 23.7 Å². The molecule has 0 amide bonds. The van der Waals surface area contributed by atoms with E-state index in [1.807, 2.05) is 0 Å². The van der Waals surface area contributed by atoms with Crippen LogP contribution in [0.2, 0.25) is 0 Å². The number of thioether (sulfide) groups is 1. The van der Waals surface area contributed by atoms with Gasteiger partial charge in [-0.05, 0) is 17.7 Å². The van der Waals surface area contributed by atoms with Gasteiger partial charge in [-0.2, -0.15) is 0 Å². The highest BCUT2D eigenvalue weighted by Crippen LogP contribution is 2.10. The Hall–Kier alpha value is -1.49. The second-order valence-corrected chi connectivity index (χ2v) is 2.92. The summed E-state index contributed by atoms with van der Waals surface area (Å²) >= 11 is 1.28. The van der Waals surface area contributed by atoms with Gasteiger partial charge < -0.3 is 10.2 Å². The van der Waals surface area contributed by atoms with E-state index in [2.05, 4.69) is 6.58 Å². The molecule has 0 aromatic heterocycles. The average molecular weight is 214 g/mol. The van der Waals surface area contributed by atoms with Crippen LogP contribution in [-0.2, 0) is 9.59 Å². The van der Waals surface area contributed by atoms with Gasteiger partial charge >= 0.3 is 11.9 Å². The summed E-state index contributed by atoms with van der Waals surface area (Å²) in [5.74, 6) is -2.59. The first-order valence-corrected chi connectivity index (χ1v) is 4.86. The summed E-state index contributed by atoms with van der Waals surface area (Å²) < 4.78 is 0. The van der Waals surface area contributed by atoms with Gasteiger partial charge in [0.1, 0.15) is 0 Å². The Kier molecular flexibility index (Phi) is 5.40. The molecule has 0 aliphatic carbocycles. The van der Waals surface area contributed by atoms with Crippen LogP contribution in [0.1, 0.15) is 0 Å². The molecule has 0 heterocycles. The van der Waals surface area contributed by atoms with E-state index in [1.165, 1.54) is 23.2 Å². The smallest absolute Gasteiger partial charge is 0.336 e. The molecule has 0 bridgehead atoms. The van der Waals surface area contributed by atoms with Crippen LogP contribution in [0.25, 0.3) is 0 Å². The maximum absolute atomic E-state index is 10.7. The molecular formula is C9H10O4S. The minimum atomic E-state index is -1.30. The lowest BCUT2D eigenvalue weighted by Crippen LogP contribution is -2.08. The van der Waals surface area contributed by atoms with E-state index in [0.29, 0.717) is 0 Å². The van der Waals surface area contributed by atoms with Crippen LogP contribution < -0.4 is 0 Å². The number of hydrogen-bond donors (Lipinski definition) is 2. The van der Waals surface area contributed by atoms with E-state index < -0.39 is 11.9 Å². The lowest BCUT2D eigenvalue weighted by atomic mass is 10.1. The fraction of sp³-hybridized carbons (Fsp3) is 0.111. The van der Waals surface area contributed by atoms with Gasteiger partial charge in [0.25, 0.3) is 0 Å². The molecule has 0 saturated heterocycles. The molecule has 5 heteroatoms. The second kappa shape index (κ2) is 6.04. The van der Waals surface area contributed by atoms with Crippen molar-refractivity contribution in [3.63, 3.8) is 0 Å². The molecule has 0 atom stereocenters. The van der Waals surface area contributed by atoms with E-state index in [-0.39, 0.29) is 11.1 Å². The van der Waals surface area contributed by atoms with Crippen molar-refractivity contribution in [1.29, 1.82) is 0 Å². The number of rotatable bonds is 5. The van der Waals surface area contributed by atoms with Crippen LogP contribution in [0.3, 0.4) is 0 Å². The highest BCUT2D eigenvalue weighted by Gasteiger charge is 2.14. The fourth-order valence-corrected chi connectivity index (χ4v) is 0.997. The summed E-state index contributed by atoms with van der Waals surface area (Å²) in [6, 6.07) is 0. The Morgan fingerprint density at radius 2 is 1.71 bits per heavy atom. The quantitative estimate of drug-likeness (QED) is 0.536. The topological polar surface area (TPSA) is 74.6 Å². The third kappa shape index (κ3) is 3.49. The van der Waals surface area contributed by atoms with Crippen molar-refractivity contribution in [3.05, 3.63) is 35.3 Å². The monoisotopic (exact) mass is 214 g/mol. The predicted molar refractivity (Wildman–Crippen MR) is 55.1 cm³/mol. The SMILES string of the molecule is C=C/C(C(=O)O)=C(\C=C/SC)C(=O)O. The molecule has 0 saturated carbocycles. The molecule has 4 nitrogen and oxygen atoms in total. The average Bonchev–Trinajstić information content (AvgIpc) is 2.10. The minimum absolute atomic E-state index is 0.276. The first-order valence-electron chi connectivity index (χ1n) is 3.57. The van der Waals surface area contributed by atoms with Crippen molar-refractivity contribution in [1.82, 2.24) is 0 Å². The minimum Gasteiger partial charge on any atom is -0.478 e. The molecule has 0 rings (SSSR count). The lowest BCUT2D eigenvalue weighted by molar-refractivity contribution is -0.135. The maximum Gasteiger partial charge on any atom is 0.336 e. The Morgan fingerprint density at radius 3 is 2.00 bits per heavy atom. The second-order valence-electron chi connectivity index (χ2n) is 2.18. The third-order valence-corrected chi connectivity index (χ3v) is 1.73. The molecule has 0 aliphatic rings. The Labute approximate surface area is 85.6 Å². The van der Waals surface area contributed by atoms with Gasteiger partial charge in [0.05, 0.1) is 11.1 Å². The Bertz CT molecular complexity index is 315. The summed E-state index contributed by atoms with van der Waals surface area (Å²) in [5.41, 5.74) is -0.593. The molecule has 0 radical (unpaired) electrons. The number of carboxylic acid groups (broad SMARTS) is 2. The summed E-state index contributed by atoms with van der Waals surface area (Å²) in [5, 5.41) is 18.9. The third-order valence-electron chi connectivity index (χ3n) is 1.33. The Morgan fingerprint density at radius 1 is 1.21 bits per heavy atom. The molecule has 0 fully saturated rings. The zero-order chi connectivity index (χ0) is 11.1. The van der Waals surface area contributed by atoms with Crippen LogP contribution in [-0.4, -0.2) is 28.4 Å². The number of aliphatic carboxylic acids is 2. The molecule has 0 spiro atoms. The van der Waals surface area contributed by atoms with Crippen molar-refractivity contribution in [2.75, 3.05) is 6.26 Å². The summed E-state index contributed by atoms with van der Waals surface area (Å²) in [6.45, 7) is 3.25. The Balaban J connectivity index is 5.31.